The smallest absolute Gasteiger partial charge is 0.223 e. The maximum atomic E-state index is 13.9. The van der Waals surface area contributed by atoms with Crippen molar-refractivity contribution in [1.82, 2.24) is 19.9 Å². The topological polar surface area (TPSA) is 59.3 Å². The van der Waals surface area contributed by atoms with Gasteiger partial charge in [-0.2, -0.15) is 4.98 Å². The number of halogens is 1. The highest BCUT2D eigenvalue weighted by Gasteiger charge is 2.20. The molecule has 2 aromatic heterocycles. The van der Waals surface area contributed by atoms with Gasteiger partial charge in [0.1, 0.15) is 5.82 Å². The van der Waals surface area contributed by atoms with Crippen LogP contribution in [0.3, 0.4) is 0 Å². The van der Waals surface area contributed by atoms with Crippen LogP contribution in [0.4, 0.5) is 4.39 Å². The summed E-state index contributed by atoms with van der Waals surface area (Å²) >= 11 is 1.48. The van der Waals surface area contributed by atoms with Gasteiger partial charge in [-0.25, -0.2) is 8.91 Å². The van der Waals surface area contributed by atoms with Crippen molar-refractivity contribution in [2.24, 2.45) is 5.92 Å². The summed E-state index contributed by atoms with van der Waals surface area (Å²) in [6.45, 7) is 0.579. The molecule has 0 atom stereocenters. The predicted molar refractivity (Wildman–Crippen MR) is 99.5 cm³/mol. The molecule has 0 spiro atoms. The minimum Gasteiger partial charge on any atom is -0.355 e. The van der Waals surface area contributed by atoms with Gasteiger partial charge >= 0.3 is 0 Å². The fourth-order valence-electron chi connectivity index (χ4n) is 3.48. The van der Waals surface area contributed by atoms with Crippen molar-refractivity contribution in [2.75, 3.05) is 6.54 Å². The largest absolute Gasteiger partial charge is 0.355 e. The molecule has 26 heavy (non-hydrogen) atoms. The molecule has 4 rings (SSSR count). The third-order valence-electron chi connectivity index (χ3n) is 4.92. The van der Waals surface area contributed by atoms with Crippen LogP contribution >= 0.6 is 11.3 Å². The van der Waals surface area contributed by atoms with E-state index < -0.39 is 0 Å². The normalized spacial score (nSPS) is 15.4. The summed E-state index contributed by atoms with van der Waals surface area (Å²) in [6, 6.07) is 6.51. The highest BCUT2D eigenvalue weighted by Crippen LogP contribution is 2.24. The van der Waals surface area contributed by atoms with E-state index in [4.69, 9.17) is 0 Å². The van der Waals surface area contributed by atoms with E-state index in [1.807, 2.05) is 5.38 Å². The number of hydrogen-bond acceptors (Lipinski definition) is 4. The van der Waals surface area contributed by atoms with E-state index >= 15 is 0 Å². The van der Waals surface area contributed by atoms with Gasteiger partial charge in [0, 0.05) is 24.3 Å². The Hall–Kier alpha value is -2.28. The van der Waals surface area contributed by atoms with Crippen LogP contribution in [0.2, 0.25) is 0 Å². The van der Waals surface area contributed by atoms with E-state index in [9.17, 15) is 9.18 Å². The second-order valence-electron chi connectivity index (χ2n) is 6.71. The summed E-state index contributed by atoms with van der Waals surface area (Å²) in [7, 11) is 0. The van der Waals surface area contributed by atoms with E-state index in [-0.39, 0.29) is 17.6 Å². The number of rotatable bonds is 5. The van der Waals surface area contributed by atoms with Crippen LogP contribution in [0.15, 0.2) is 29.6 Å². The van der Waals surface area contributed by atoms with Gasteiger partial charge in [-0.3, -0.25) is 4.79 Å². The van der Waals surface area contributed by atoms with Crippen LogP contribution < -0.4 is 5.32 Å². The van der Waals surface area contributed by atoms with Gasteiger partial charge in [-0.05, 0) is 25.0 Å². The van der Waals surface area contributed by atoms with Crippen LogP contribution in [-0.2, 0) is 11.2 Å². The number of hydrogen-bond donors (Lipinski definition) is 1. The first-order valence-electron chi connectivity index (χ1n) is 9.08. The first-order chi connectivity index (χ1) is 12.7. The predicted octanol–water partition coefficient (Wildman–Crippen LogP) is 3.84. The number of thiazole rings is 1. The molecule has 1 amide bonds. The van der Waals surface area contributed by atoms with Crippen LogP contribution in [0.25, 0.3) is 16.3 Å². The Balaban J connectivity index is 1.42. The molecular formula is C19H21FN4OS. The van der Waals surface area contributed by atoms with E-state index in [0.29, 0.717) is 24.4 Å². The average Bonchev–Trinajstić information content (AvgIpc) is 3.24. The molecule has 1 N–H and O–H groups in total. The molecule has 1 aliphatic carbocycles. The minimum absolute atomic E-state index is 0.168. The van der Waals surface area contributed by atoms with Gasteiger partial charge in [0.25, 0.3) is 0 Å². The fraction of sp³-hybridized carbons (Fsp3) is 0.421. The molecule has 1 aliphatic rings. The lowest BCUT2D eigenvalue weighted by molar-refractivity contribution is -0.125. The monoisotopic (exact) mass is 372 g/mol. The Kier molecular flexibility index (Phi) is 4.97. The number of amides is 1. The lowest BCUT2D eigenvalue weighted by Crippen LogP contribution is -2.33. The summed E-state index contributed by atoms with van der Waals surface area (Å²) in [5, 5.41) is 9.50. The first kappa shape index (κ1) is 17.1. The molecule has 2 heterocycles. The van der Waals surface area contributed by atoms with Crippen molar-refractivity contribution in [1.29, 1.82) is 0 Å². The highest BCUT2D eigenvalue weighted by atomic mass is 32.1. The third kappa shape index (κ3) is 3.49. The van der Waals surface area contributed by atoms with Gasteiger partial charge in [0.2, 0.25) is 10.9 Å². The second kappa shape index (κ2) is 7.53. The molecule has 7 heteroatoms. The highest BCUT2D eigenvalue weighted by molar-refractivity contribution is 7.15. The summed E-state index contributed by atoms with van der Waals surface area (Å²) in [5.74, 6) is 0.404. The van der Waals surface area contributed by atoms with E-state index in [0.717, 1.165) is 36.3 Å². The molecule has 1 fully saturated rings. The quantitative estimate of drug-likeness (QED) is 0.740. The van der Waals surface area contributed by atoms with Crippen molar-refractivity contribution >= 4 is 22.2 Å². The molecule has 0 saturated heterocycles. The van der Waals surface area contributed by atoms with Crippen LogP contribution in [0, 0.1) is 11.7 Å². The maximum absolute atomic E-state index is 13.9. The third-order valence-corrected chi connectivity index (χ3v) is 5.79. The average molecular weight is 372 g/mol. The second-order valence-corrected chi connectivity index (χ2v) is 7.55. The Labute approximate surface area is 155 Å². The van der Waals surface area contributed by atoms with Crippen LogP contribution in [-0.4, -0.2) is 27.0 Å². The fourth-order valence-corrected chi connectivity index (χ4v) is 4.33. The van der Waals surface area contributed by atoms with Gasteiger partial charge < -0.3 is 5.32 Å². The number of aromatic nitrogens is 3. The molecule has 1 saturated carbocycles. The SMILES string of the molecule is O=C(NCCc1csc2nc(-c3ccccc3F)nn12)C1CCCCC1. The van der Waals surface area contributed by atoms with Crippen molar-refractivity contribution in [3.63, 3.8) is 0 Å². The van der Waals surface area contributed by atoms with Crippen molar-refractivity contribution in [3.05, 3.63) is 41.2 Å². The summed E-state index contributed by atoms with van der Waals surface area (Å²) in [5.41, 5.74) is 1.38. The number of carbonyl (C=O) groups is 1. The van der Waals surface area contributed by atoms with E-state index in [2.05, 4.69) is 15.4 Å². The number of nitrogens with zero attached hydrogens (tertiary/aromatic N) is 3. The lowest BCUT2D eigenvalue weighted by Gasteiger charge is -2.20. The zero-order valence-corrected chi connectivity index (χ0v) is 15.3. The zero-order chi connectivity index (χ0) is 17.9. The first-order valence-corrected chi connectivity index (χ1v) is 9.96. The van der Waals surface area contributed by atoms with Crippen LogP contribution in [0.5, 0.6) is 0 Å². The molecule has 0 unspecified atom stereocenters. The Morgan fingerprint density at radius 2 is 2.08 bits per heavy atom. The molecule has 0 radical (unpaired) electrons. The summed E-state index contributed by atoms with van der Waals surface area (Å²) in [4.78, 5) is 17.4. The molecule has 0 aliphatic heterocycles. The Bertz CT molecular complexity index is 913. The van der Waals surface area contributed by atoms with Crippen molar-refractivity contribution in [2.45, 2.75) is 38.5 Å². The number of nitrogens with one attached hydrogen (secondary N) is 1. The van der Waals surface area contributed by atoms with Crippen molar-refractivity contribution < 1.29 is 9.18 Å². The molecule has 0 bridgehead atoms. The number of carbonyl (C=O) groups excluding carboxylic acids is 1. The Morgan fingerprint density at radius 1 is 1.27 bits per heavy atom. The molecule has 5 nitrogen and oxygen atoms in total. The molecule has 136 valence electrons. The minimum atomic E-state index is -0.327. The zero-order valence-electron chi connectivity index (χ0n) is 14.4. The van der Waals surface area contributed by atoms with Gasteiger partial charge in [0.05, 0.1) is 11.3 Å². The standard InChI is InChI=1S/C19H21FN4OS/c20-16-9-5-4-8-15(16)17-22-19-24(23-17)14(12-26-19)10-11-21-18(25)13-6-2-1-3-7-13/h4-5,8-9,12-13H,1-3,6-7,10-11H2,(H,21,25). The van der Waals surface area contributed by atoms with Crippen molar-refractivity contribution in [3.8, 4) is 11.4 Å². The van der Waals surface area contributed by atoms with E-state index in [1.54, 1.807) is 22.7 Å². The van der Waals surface area contributed by atoms with Gasteiger partial charge in [-0.15, -0.1) is 16.4 Å². The molecule has 1 aromatic carbocycles. The molecular weight excluding hydrogens is 351 g/mol. The van der Waals surface area contributed by atoms with Gasteiger partial charge in [-0.1, -0.05) is 31.4 Å². The number of benzene rings is 1. The van der Waals surface area contributed by atoms with Crippen LogP contribution in [0.1, 0.15) is 37.8 Å². The summed E-state index contributed by atoms with van der Waals surface area (Å²) in [6.07, 6.45) is 6.24. The number of fused-ring (bicyclic) bond motifs is 1. The Morgan fingerprint density at radius 3 is 2.88 bits per heavy atom. The summed E-state index contributed by atoms with van der Waals surface area (Å²) < 4.78 is 15.7. The lowest BCUT2D eigenvalue weighted by atomic mass is 9.89. The molecule has 3 aromatic rings. The van der Waals surface area contributed by atoms with E-state index in [1.165, 1.54) is 23.8 Å². The maximum Gasteiger partial charge on any atom is 0.223 e. The van der Waals surface area contributed by atoms with Gasteiger partial charge in [0.15, 0.2) is 5.82 Å².